The first kappa shape index (κ1) is 14.2. The Morgan fingerprint density at radius 3 is 2.60 bits per heavy atom. The van der Waals surface area contributed by atoms with Crippen LogP contribution in [0.25, 0.3) is 0 Å². The van der Waals surface area contributed by atoms with E-state index in [0.29, 0.717) is 31.5 Å². The molecular formula is C14H19N3O3. The Balaban J connectivity index is 2.11. The Hall–Kier alpha value is -2.24. The molecule has 0 aliphatic carbocycles. The number of nitrogens with zero attached hydrogens (tertiary/aromatic N) is 2. The highest BCUT2D eigenvalue weighted by atomic mass is 16.5. The highest BCUT2D eigenvalue weighted by Crippen LogP contribution is 2.29. The first-order chi connectivity index (χ1) is 9.72. The quantitative estimate of drug-likeness (QED) is 0.839. The second kappa shape index (κ2) is 6.79. The molecule has 108 valence electrons. The molecule has 0 radical (unpaired) electrons. The lowest BCUT2D eigenvalue weighted by Gasteiger charge is -2.13. The van der Waals surface area contributed by atoms with Crippen molar-refractivity contribution < 1.29 is 13.9 Å². The summed E-state index contributed by atoms with van der Waals surface area (Å²) in [5.74, 6) is 2.65. The minimum atomic E-state index is 0.441. The molecule has 0 atom stereocenters. The Labute approximate surface area is 118 Å². The van der Waals surface area contributed by atoms with Gasteiger partial charge in [-0.05, 0) is 26.0 Å². The Bertz CT molecular complexity index is 554. The maximum atomic E-state index is 5.58. The predicted molar refractivity (Wildman–Crippen MR) is 75.1 cm³/mol. The van der Waals surface area contributed by atoms with Gasteiger partial charge in [0.1, 0.15) is 11.5 Å². The topological polar surface area (TPSA) is 69.4 Å². The van der Waals surface area contributed by atoms with Crippen LogP contribution in [0.4, 0.5) is 5.69 Å². The number of aromatic nitrogens is 2. The van der Waals surface area contributed by atoms with Gasteiger partial charge in [0.15, 0.2) is 0 Å². The Kier molecular flexibility index (Phi) is 4.81. The van der Waals surface area contributed by atoms with Crippen molar-refractivity contribution >= 4 is 5.69 Å². The maximum absolute atomic E-state index is 5.58. The molecule has 0 aliphatic rings. The van der Waals surface area contributed by atoms with Gasteiger partial charge in [0.05, 0.1) is 25.4 Å². The minimum absolute atomic E-state index is 0.441. The normalized spacial score (nSPS) is 10.3. The Morgan fingerprint density at radius 2 is 1.95 bits per heavy atom. The van der Waals surface area contributed by atoms with Crippen LogP contribution in [0, 0.1) is 6.92 Å². The van der Waals surface area contributed by atoms with E-state index in [4.69, 9.17) is 13.9 Å². The molecule has 1 aromatic carbocycles. The lowest BCUT2D eigenvalue weighted by atomic mass is 10.2. The summed E-state index contributed by atoms with van der Waals surface area (Å²) in [7, 11) is 0. The number of hydrogen-bond donors (Lipinski definition) is 1. The summed E-state index contributed by atoms with van der Waals surface area (Å²) in [6.45, 7) is 7.32. The van der Waals surface area contributed by atoms with Crippen molar-refractivity contribution in [1.29, 1.82) is 0 Å². The highest BCUT2D eigenvalue weighted by Gasteiger charge is 2.08. The molecule has 0 spiro atoms. The molecule has 0 saturated heterocycles. The molecule has 0 unspecified atom stereocenters. The van der Waals surface area contributed by atoms with Crippen LogP contribution < -0.4 is 14.8 Å². The van der Waals surface area contributed by atoms with Crippen LogP contribution in [0.1, 0.15) is 25.6 Å². The summed E-state index contributed by atoms with van der Waals surface area (Å²) in [5.41, 5.74) is 0.841. The van der Waals surface area contributed by atoms with E-state index in [2.05, 4.69) is 15.5 Å². The van der Waals surface area contributed by atoms with Gasteiger partial charge < -0.3 is 19.2 Å². The average molecular weight is 277 g/mol. The van der Waals surface area contributed by atoms with Crippen molar-refractivity contribution in [3.63, 3.8) is 0 Å². The van der Waals surface area contributed by atoms with E-state index in [9.17, 15) is 0 Å². The third kappa shape index (κ3) is 3.63. The number of nitrogens with one attached hydrogen (secondary N) is 1. The summed E-state index contributed by atoms with van der Waals surface area (Å²) in [6.07, 6.45) is 0. The number of rotatable bonds is 7. The third-order valence-electron chi connectivity index (χ3n) is 2.56. The standard InChI is InChI=1S/C14H19N3O3/c1-4-18-11-6-7-13(19-5-2)12(8-11)15-9-14-17-16-10(3)20-14/h6-8,15H,4-5,9H2,1-3H3. The summed E-state index contributed by atoms with van der Waals surface area (Å²) in [4.78, 5) is 0. The molecule has 0 bridgehead atoms. The summed E-state index contributed by atoms with van der Waals surface area (Å²) < 4.78 is 16.4. The van der Waals surface area contributed by atoms with Gasteiger partial charge in [-0.2, -0.15) is 0 Å². The lowest BCUT2D eigenvalue weighted by molar-refractivity contribution is 0.331. The molecule has 0 aliphatic heterocycles. The van der Waals surface area contributed by atoms with Crippen LogP contribution in [-0.2, 0) is 6.54 Å². The number of hydrogen-bond acceptors (Lipinski definition) is 6. The van der Waals surface area contributed by atoms with E-state index >= 15 is 0 Å². The van der Waals surface area contributed by atoms with Gasteiger partial charge in [0.2, 0.25) is 11.8 Å². The van der Waals surface area contributed by atoms with E-state index in [1.54, 1.807) is 6.92 Å². The van der Waals surface area contributed by atoms with E-state index in [1.807, 2.05) is 32.0 Å². The molecular weight excluding hydrogens is 258 g/mol. The zero-order chi connectivity index (χ0) is 14.4. The first-order valence-corrected chi connectivity index (χ1v) is 6.65. The van der Waals surface area contributed by atoms with E-state index in [0.717, 1.165) is 17.2 Å². The van der Waals surface area contributed by atoms with Gasteiger partial charge in [-0.1, -0.05) is 0 Å². The summed E-state index contributed by atoms with van der Waals surface area (Å²) in [5, 5.41) is 11.0. The molecule has 1 aromatic heterocycles. The van der Waals surface area contributed by atoms with Crippen LogP contribution >= 0.6 is 0 Å². The van der Waals surface area contributed by atoms with Gasteiger partial charge in [-0.25, -0.2) is 0 Å². The Morgan fingerprint density at radius 1 is 1.15 bits per heavy atom. The molecule has 1 heterocycles. The van der Waals surface area contributed by atoms with Gasteiger partial charge in [-0.3, -0.25) is 0 Å². The SMILES string of the molecule is CCOc1ccc(OCC)c(NCc2nnc(C)o2)c1. The van der Waals surface area contributed by atoms with Gasteiger partial charge in [0.25, 0.3) is 0 Å². The zero-order valence-corrected chi connectivity index (χ0v) is 12.0. The van der Waals surface area contributed by atoms with Crippen LogP contribution in [-0.4, -0.2) is 23.4 Å². The molecule has 6 nitrogen and oxygen atoms in total. The van der Waals surface area contributed by atoms with Crippen LogP contribution in [0.15, 0.2) is 22.6 Å². The maximum Gasteiger partial charge on any atom is 0.235 e. The van der Waals surface area contributed by atoms with Crippen LogP contribution in [0.3, 0.4) is 0 Å². The van der Waals surface area contributed by atoms with Crippen LogP contribution in [0.5, 0.6) is 11.5 Å². The van der Waals surface area contributed by atoms with Crippen LogP contribution in [0.2, 0.25) is 0 Å². The molecule has 20 heavy (non-hydrogen) atoms. The molecule has 2 rings (SSSR count). The molecule has 0 saturated carbocycles. The average Bonchev–Trinajstić information content (AvgIpc) is 2.85. The van der Waals surface area contributed by atoms with Crippen molar-refractivity contribution in [2.24, 2.45) is 0 Å². The monoisotopic (exact) mass is 277 g/mol. The van der Waals surface area contributed by atoms with Crippen molar-refractivity contribution in [2.45, 2.75) is 27.3 Å². The highest BCUT2D eigenvalue weighted by molar-refractivity contribution is 5.59. The number of aryl methyl sites for hydroxylation is 1. The fourth-order valence-electron chi connectivity index (χ4n) is 1.76. The molecule has 1 N–H and O–H groups in total. The molecule has 6 heteroatoms. The van der Waals surface area contributed by atoms with Crippen molar-refractivity contribution in [1.82, 2.24) is 10.2 Å². The third-order valence-corrected chi connectivity index (χ3v) is 2.56. The van der Waals surface area contributed by atoms with E-state index < -0.39 is 0 Å². The van der Waals surface area contributed by atoms with E-state index in [1.165, 1.54) is 0 Å². The second-order valence-corrected chi connectivity index (χ2v) is 4.09. The lowest BCUT2D eigenvalue weighted by Crippen LogP contribution is -2.04. The number of ether oxygens (including phenoxy) is 2. The van der Waals surface area contributed by atoms with Crippen molar-refractivity contribution in [2.75, 3.05) is 18.5 Å². The molecule has 0 fully saturated rings. The molecule has 2 aromatic rings. The van der Waals surface area contributed by atoms with Crippen molar-refractivity contribution in [3.05, 3.63) is 30.0 Å². The van der Waals surface area contributed by atoms with Gasteiger partial charge in [0, 0.05) is 13.0 Å². The minimum Gasteiger partial charge on any atom is -0.494 e. The molecule has 0 amide bonds. The second-order valence-electron chi connectivity index (χ2n) is 4.09. The fourth-order valence-corrected chi connectivity index (χ4v) is 1.76. The van der Waals surface area contributed by atoms with Gasteiger partial charge in [-0.15, -0.1) is 10.2 Å². The van der Waals surface area contributed by atoms with E-state index in [-0.39, 0.29) is 0 Å². The number of benzene rings is 1. The number of anilines is 1. The smallest absolute Gasteiger partial charge is 0.235 e. The summed E-state index contributed by atoms with van der Waals surface area (Å²) >= 11 is 0. The predicted octanol–water partition coefficient (Wildman–Crippen LogP) is 2.79. The largest absolute Gasteiger partial charge is 0.494 e. The zero-order valence-electron chi connectivity index (χ0n) is 12.0. The van der Waals surface area contributed by atoms with Crippen molar-refractivity contribution in [3.8, 4) is 11.5 Å². The van der Waals surface area contributed by atoms with Gasteiger partial charge >= 0.3 is 0 Å². The fraction of sp³-hybridized carbons (Fsp3) is 0.429. The first-order valence-electron chi connectivity index (χ1n) is 6.65. The summed E-state index contributed by atoms with van der Waals surface area (Å²) in [6, 6.07) is 5.67.